The van der Waals surface area contributed by atoms with Gasteiger partial charge in [-0.1, -0.05) is 44.3 Å². The number of para-hydroxylation sites is 1. The number of nitrogens with two attached hydrogens (primary N) is 1. The number of amides is 1. The maximum atomic E-state index is 12.6. The molecule has 1 rings (SSSR count). The van der Waals surface area contributed by atoms with Gasteiger partial charge in [0.25, 0.3) is 0 Å². The summed E-state index contributed by atoms with van der Waals surface area (Å²) in [6.45, 7) is 7.83. The second-order valence-electron chi connectivity index (χ2n) is 4.87. The highest BCUT2D eigenvalue weighted by Crippen LogP contribution is 2.30. The Morgan fingerprint density at radius 3 is 2.11 bits per heavy atom. The Bertz CT molecular complexity index is 473. The smallest absolute Gasteiger partial charge is 0.237 e. The molecule has 0 heterocycles. The van der Waals surface area contributed by atoms with Crippen molar-refractivity contribution < 1.29 is 4.79 Å². The molecular formula is C15H22N2OS. The van der Waals surface area contributed by atoms with E-state index in [0.29, 0.717) is 12.8 Å². The molecule has 3 nitrogen and oxygen atoms in total. The molecule has 0 bridgehead atoms. The number of carbonyl (C=O) groups excluding carboxylic acids is 1. The van der Waals surface area contributed by atoms with Gasteiger partial charge >= 0.3 is 0 Å². The van der Waals surface area contributed by atoms with Crippen molar-refractivity contribution in [2.24, 2.45) is 11.1 Å². The van der Waals surface area contributed by atoms with Crippen LogP contribution in [0.3, 0.4) is 0 Å². The average molecular weight is 278 g/mol. The van der Waals surface area contributed by atoms with Crippen LogP contribution in [0, 0.1) is 19.3 Å². The number of aryl methyl sites for hydroxylation is 2. The number of hydrogen-bond donors (Lipinski definition) is 2. The molecule has 4 heteroatoms. The Kier molecular flexibility index (Phi) is 5.06. The highest BCUT2D eigenvalue weighted by atomic mass is 32.1. The van der Waals surface area contributed by atoms with Gasteiger partial charge in [-0.15, -0.1) is 0 Å². The molecule has 0 saturated carbocycles. The number of nitrogens with one attached hydrogen (secondary N) is 1. The van der Waals surface area contributed by atoms with Gasteiger partial charge < -0.3 is 11.1 Å². The lowest BCUT2D eigenvalue weighted by Crippen LogP contribution is -2.45. The highest BCUT2D eigenvalue weighted by Gasteiger charge is 2.38. The van der Waals surface area contributed by atoms with Gasteiger partial charge in [0, 0.05) is 5.69 Å². The predicted octanol–water partition coefficient (Wildman–Crippen LogP) is 3.33. The van der Waals surface area contributed by atoms with Crippen LogP contribution in [0.5, 0.6) is 0 Å². The molecule has 0 atom stereocenters. The molecule has 0 radical (unpaired) electrons. The van der Waals surface area contributed by atoms with Gasteiger partial charge in [-0.3, -0.25) is 4.79 Å². The van der Waals surface area contributed by atoms with Crippen LogP contribution in [0.2, 0.25) is 0 Å². The van der Waals surface area contributed by atoms with Crippen molar-refractivity contribution >= 4 is 28.8 Å². The van der Waals surface area contributed by atoms with E-state index in [1.54, 1.807) is 0 Å². The molecule has 0 aromatic heterocycles. The van der Waals surface area contributed by atoms with Crippen LogP contribution in [0.15, 0.2) is 18.2 Å². The summed E-state index contributed by atoms with van der Waals surface area (Å²) in [5, 5.41) is 3.00. The molecule has 0 aliphatic rings. The standard InChI is InChI=1S/C15H22N2OS/c1-5-15(6-2,13(16)19)14(18)17-12-10(3)8-7-9-11(12)4/h7-9H,5-6H2,1-4H3,(H2,16,19)(H,17,18). The van der Waals surface area contributed by atoms with Crippen LogP contribution < -0.4 is 11.1 Å². The molecule has 1 aromatic rings. The monoisotopic (exact) mass is 278 g/mol. The fourth-order valence-corrected chi connectivity index (χ4v) is 2.66. The number of thiocarbonyl (C=S) groups is 1. The molecule has 0 aliphatic carbocycles. The molecule has 0 saturated heterocycles. The lowest BCUT2D eigenvalue weighted by atomic mass is 9.81. The zero-order valence-electron chi connectivity index (χ0n) is 12.0. The van der Waals surface area contributed by atoms with Gasteiger partial charge in [-0.25, -0.2) is 0 Å². The molecule has 3 N–H and O–H groups in total. The largest absolute Gasteiger partial charge is 0.392 e. The van der Waals surface area contributed by atoms with Crippen molar-refractivity contribution in [3.8, 4) is 0 Å². The van der Waals surface area contributed by atoms with E-state index in [-0.39, 0.29) is 10.9 Å². The van der Waals surface area contributed by atoms with Gasteiger partial charge in [0.1, 0.15) is 0 Å². The average Bonchev–Trinajstić information content (AvgIpc) is 2.36. The Balaban J connectivity index is 3.11. The number of anilines is 1. The zero-order valence-corrected chi connectivity index (χ0v) is 12.9. The Labute approximate surface area is 120 Å². The van der Waals surface area contributed by atoms with Crippen LogP contribution in [0.1, 0.15) is 37.8 Å². The van der Waals surface area contributed by atoms with E-state index in [0.717, 1.165) is 16.8 Å². The third-order valence-electron chi connectivity index (χ3n) is 3.83. The van der Waals surface area contributed by atoms with Gasteiger partial charge in [0.05, 0.1) is 10.4 Å². The van der Waals surface area contributed by atoms with Crippen LogP contribution in [0.25, 0.3) is 0 Å². The fraction of sp³-hybridized carbons (Fsp3) is 0.467. The summed E-state index contributed by atoms with van der Waals surface area (Å²) in [6.07, 6.45) is 1.21. The maximum absolute atomic E-state index is 12.6. The van der Waals surface area contributed by atoms with Crippen molar-refractivity contribution in [3.63, 3.8) is 0 Å². The number of hydrogen-bond acceptors (Lipinski definition) is 2. The lowest BCUT2D eigenvalue weighted by Gasteiger charge is -2.29. The summed E-state index contributed by atoms with van der Waals surface area (Å²) in [4.78, 5) is 12.8. The van der Waals surface area contributed by atoms with E-state index in [2.05, 4.69) is 5.32 Å². The zero-order chi connectivity index (χ0) is 14.6. The third kappa shape index (κ3) is 2.95. The molecule has 19 heavy (non-hydrogen) atoms. The maximum Gasteiger partial charge on any atom is 0.237 e. The minimum atomic E-state index is -0.760. The molecular weight excluding hydrogens is 256 g/mol. The number of carbonyl (C=O) groups is 1. The third-order valence-corrected chi connectivity index (χ3v) is 4.22. The van der Waals surface area contributed by atoms with Crippen molar-refractivity contribution in [1.29, 1.82) is 0 Å². The van der Waals surface area contributed by atoms with Crippen LogP contribution in [-0.4, -0.2) is 10.9 Å². The molecule has 104 valence electrons. The first-order chi connectivity index (χ1) is 8.89. The molecule has 1 aromatic carbocycles. The first-order valence-corrected chi connectivity index (χ1v) is 6.97. The minimum absolute atomic E-state index is 0.109. The summed E-state index contributed by atoms with van der Waals surface area (Å²) < 4.78 is 0. The summed E-state index contributed by atoms with van der Waals surface area (Å²) in [6, 6.07) is 5.92. The SMILES string of the molecule is CCC(CC)(C(=O)Nc1c(C)cccc1C)C(N)=S. The number of benzene rings is 1. The van der Waals surface area contributed by atoms with Crippen molar-refractivity contribution in [1.82, 2.24) is 0 Å². The summed E-state index contributed by atoms with van der Waals surface area (Å²) in [5.41, 5.74) is 7.97. The second kappa shape index (κ2) is 6.15. The fourth-order valence-electron chi connectivity index (χ4n) is 2.28. The van der Waals surface area contributed by atoms with Gasteiger partial charge in [0.2, 0.25) is 5.91 Å². The van der Waals surface area contributed by atoms with Crippen LogP contribution >= 0.6 is 12.2 Å². The molecule has 0 unspecified atom stereocenters. The summed E-state index contributed by atoms with van der Waals surface area (Å²) in [7, 11) is 0. The minimum Gasteiger partial charge on any atom is -0.392 e. The highest BCUT2D eigenvalue weighted by molar-refractivity contribution is 7.80. The molecule has 1 amide bonds. The first kappa shape index (κ1) is 15.6. The molecule has 0 fully saturated rings. The number of rotatable bonds is 5. The Morgan fingerprint density at radius 2 is 1.74 bits per heavy atom. The topological polar surface area (TPSA) is 55.1 Å². The van der Waals surface area contributed by atoms with E-state index >= 15 is 0 Å². The first-order valence-electron chi connectivity index (χ1n) is 6.56. The Morgan fingerprint density at radius 1 is 1.26 bits per heavy atom. The van der Waals surface area contributed by atoms with Crippen LogP contribution in [0.4, 0.5) is 5.69 Å². The van der Waals surface area contributed by atoms with Gasteiger partial charge in [-0.2, -0.15) is 0 Å². The molecule has 0 aliphatic heterocycles. The van der Waals surface area contributed by atoms with E-state index in [1.165, 1.54) is 0 Å². The van der Waals surface area contributed by atoms with E-state index in [1.807, 2.05) is 45.9 Å². The summed E-state index contributed by atoms with van der Waals surface area (Å²) in [5.74, 6) is -0.109. The van der Waals surface area contributed by atoms with Crippen molar-refractivity contribution in [3.05, 3.63) is 29.3 Å². The Hall–Kier alpha value is -1.42. The normalized spacial score (nSPS) is 11.2. The van der Waals surface area contributed by atoms with Gasteiger partial charge in [-0.05, 0) is 37.8 Å². The summed E-state index contributed by atoms with van der Waals surface area (Å²) >= 11 is 5.10. The molecule has 0 spiro atoms. The van der Waals surface area contributed by atoms with E-state index in [9.17, 15) is 4.79 Å². The van der Waals surface area contributed by atoms with Crippen molar-refractivity contribution in [2.45, 2.75) is 40.5 Å². The van der Waals surface area contributed by atoms with E-state index in [4.69, 9.17) is 18.0 Å². The lowest BCUT2D eigenvalue weighted by molar-refractivity contribution is -0.122. The quantitative estimate of drug-likeness (QED) is 0.812. The van der Waals surface area contributed by atoms with Crippen molar-refractivity contribution in [2.75, 3.05) is 5.32 Å². The van der Waals surface area contributed by atoms with Crippen LogP contribution in [-0.2, 0) is 4.79 Å². The predicted molar refractivity (Wildman–Crippen MR) is 84.3 cm³/mol. The van der Waals surface area contributed by atoms with Gasteiger partial charge in [0.15, 0.2) is 0 Å². The second-order valence-corrected chi connectivity index (χ2v) is 5.31. The van der Waals surface area contributed by atoms with E-state index < -0.39 is 5.41 Å².